The highest BCUT2D eigenvalue weighted by Crippen LogP contribution is 2.30. The summed E-state index contributed by atoms with van der Waals surface area (Å²) in [6.07, 6.45) is 3.40. The Morgan fingerprint density at radius 1 is 0.940 bits per heavy atom. The van der Waals surface area contributed by atoms with Crippen molar-refractivity contribution < 1.29 is 29.6 Å². The van der Waals surface area contributed by atoms with Crippen LogP contribution in [0.1, 0.15) is 60.0 Å². The summed E-state index contributed by atoms with van der Waals surface area (Å²) < 4.78 is 7.31. The number of esters is 1. The summed E-state index contributed by atoms with van der Waals surface area (Å²) in [6.45, 7) is 2.48. The number of aryl methyl sites for hydroxylation is 1. The van der Waals surface area contributed by atoms with Gasteiger partial charge in [0.1, 0.15) is 17.6 Å². The standard InChI is InChI=1S/C35H39ClN8O6/c1-2-3-15-30-38-32(36)31(34(45)37-29(22-24-11-5-4-6-12-24)35(46)49-20-9-10-21-50-44(47)48)43(30)23-25-16-18-26(19-17-25)27-13-7-8-14-28(27)33-39-41-42-40-33/h4-8,11-14,16-19,29,47-48H,2-3,9-10,15,20-23H2,1H3,(H,37,45)(H,39,40,41,42)/t29-/m0/s1. The van der Waals surface area contributed by atoms with E-state index in [9.17, 15) is 9.59 Å². The monoisotopic (exact) mass is 702 g/mol. The van der Waals surface area contributed by atoms with E-state index >= 15 is 0 Å². The van der Waals surface area contributed by atoms with Crippen LogP contribution in [0.15, 0.2) is 78.9 Å². The number of H-pyrrole nitrogens is 1. The Bertz CT molecular complexity index is 1820. The van der Waals surface area contributed by atoms with Crippen LogP contribution < -0.4 is 5.32 Å². The third kappa shape index (κ3) is 9.80. The lowest BCUT2D eigenvalue weighted by atomic mass is 9.98. The van der Waals surface area contributed by atoms with E-state index in [1.165, 1.54) is 0 Å². The zero-order chi connectivity index (χ0) is 35.3. The van der Waals surface area contributed by atoms with Gasteiger partial charge in [0, 0.05) is 24.9 Å². The van der Waals surface area contributed by atoms with Gasteiger partial charge < -0.3 is 14.6 Å². The van der Waals surface area contributed by atoms with Crippen molar-refractivity contribution in [1.29, 1.82) is 0 Å². The summed E-state index contributed by atoms with van der Waals surface area (Å²) in [6, 6.07) is 24.1. The number of imidazole rings is 1. The minimum Gasteiger partial charge on any atom is -0.464 e. The fraction of sp³-hybridized carbons (Fsp3) is 0.314. The van der Waals surface area contributed by atoms with E-state index in [0.717, 1.165) is 40.7 Å². The third-order valence-corrected chi connectivity index (χ3v) is 8.23. The molecule has 4 N–H and O–H groups in total. The first-order valence-electron chi connectivity index (χ1n) is 16.3. The Hall–Kier alpha value is -4.99. The molecule has 2 heterocycles. The van der Waals surface area contributed by atoms with E-state index in [1.807, 2.05) is 83.4 Å². The lowest BCUT2D eigenvalue weighted by Gasteiger charge is -2.19. The van der Waals surface area contributed by atoms with Crippen molar-refractivity contribution in [3.8, 4) is 22.5 Å². The van der Waals surface area contributed by atoms with Crippen molar-refractivity contribution in [2.24, 2.45) is 0 Å². The van der Waals surface area contributed by atoms with Gasteiger partial charge in [-0.05, 0) is 51.9 Å². The highest BCUT2D eigenvalue weighted by Gasteiger charge is 2.28. The van der Waals surface area contributed by atoms with Gasteiger partial charge in [-0.3, -0.25) is 20.0 Å². The van der Waals surface area contributed by atoms with Crippen LogP contribution in [0.5, 0.6) is 0 Å². The summed E-state index contributed by atoms with van der Waals surface area (Å²) in [5.74, 6) is 0.0753. The number of unbranched alkanes of at least 4 members (excludes halogenated alkanes) is 2. The van der Waals surface area contributed by atoms with Gasteiger partial charge in [0.05, 0.1) is 18.6 Å². The van der Waals surface area contributed by atoms with E-state index in [0.29, 0.717) is 37.5 Å². The SMILES string of the molecule is CCCCc1nc(Cl)c(C(=O)N[C@@H](Cc2ccccc2)C(=O)OCCCCON(O)O)n1Cc1ccc(-c2ccccc2-c2nnn[nH]2)cc1. The molecule has 14 nitrogen and oxygen atoms in total. The predicted molar refractivity (Wildman–Crippen MR) is 183 cm³/mol. The van der Waals surface area contributed by atoms with Crippen LogP contribution in [0.2, 0.25) is 5.15 Å². The predicted octanol–water partition coefficient (Wildman–Crippen LogP) is 5.45. The Morgan fingerprint density at radius 2 is 1.66 bits per heavy atom. The van der Waals surface area contributed by atoms with Crippen LogP contribution in [0.25, 0.3) is 22.5 Å². The molecule has 0 bridgehead atoms. The van der Waals surface area contributed by atoms with Gasteiger partial charge in [0.15, 0.2) is 11.0 Å². The summed E-state index contributed by atoms with van der Waals surface area (Å²) in [4.78, 5) is 36.4. The molecule has 0 unspecified atom stereocenters. The van der Waals surface area contributed by atoms with Crippen LogP contribution in [0.4, 0.5) is 0 Å². The molecular formula is C35H39ClN8O6. The summed E-state index contributed by atoms with van der Waals surface area (Å²) in [5, 5.41) is 34.2. The van der Waals surface area contributed by atoms with Gasteiger partial charge in [0.25, 0.3) is 5.91 Å². The zero-order valence-corrected chi connectivity index (χ0v) is 28.3. The van der Waals surface area contributed by atoms with Crippen molar-refractivity contribution in [2.45, 2.75) is 58.0 Å². The average molecular weight is 703 g/mol. The van der Waals surface area contributed by atoms with Crippen molar-refractivity contribution in [1.82, 2.24) is 40.9 Å². The van der Waals surface area contributed by atoms with Gasteiger partial charge >= 0.3 is 5.97 Å². The molecule has 0 aliphatic rings. The molecule has 2 aromatic heterocycles. The number of aromatic amines is 1. The van der Waals surface area contributed by atoms with Gasteiger partial charge in [0.2, 0.25) is 0 Å². The molecule has 0 radical (unpaired) electrons. The summed E-state index contributed by atoms with van der Waals surface area (Å²) in [7, 11) is 0. The van der Waals surface area contributed by atoms with Gasteiger partial charge in [-0.1, -0.05) is 104 Å². The topological polar surface area (TPSA) is 181 Å². The number of amides is 1. The van der Waals surface area contributed by atoms with E-state index in [4.69, 9.17) is 26.8 Å². The maximum Gasteiger partial charge on any atom is 0.328 e. The second kappa shape index (κ2) is 18.1. The first kappa shape index (κ1) is 36.3. The Labute approximate surface area is 293 Å². The van der Waals surface area contributed by atoms with Crippen LogP contribution in [0.3, 0.4) is 0 Å². The van der Waals surface area contributed by atoms with Crippen LogP contribution in [-0.2, 0) is 33.8 Å². The normalized spacial score (nSPS) is 11.9. The van der Waals surface area contributed by atoms with Crippen LogP contribution in [0, 0.1) is 0 Å². The molecule has 0 spiro atoms. The largest absolute Gasteiger partial charge is 0.464 e. The van der Waals surface area contributed by atoms with Crippen molar-refractivity contribution in [3.63, 3.8) is 0 Å². The Balaban J connectivity index is 1.36. The van der Waals surface area contributed by atoms with Crippen molar-refractivity contribution >= 4 is 23.5 Å². The number of tetrazole rings is 1. The minimum atomic E-state index is -1.01. The molecule has 1 amide bonds. The smallest absolute Gasteiger partial charge is 0.328 e. The number of ether oxygens (including phenoxy) is 1. The highest BCUT2D eigenvalue weighted by molar-refractivity contribution is 6.32. The molecule has 5 aromatic rings. The van der Waals surface area contributed by atoms with E-state index in [-0.39, 0.29) is 35.9 Å². The third-order valence-electron chi connectivity index (χ3n) is 7.97. The molecule has 0 saturated carbocycles. The first-order chi connectivity index (χ1) is 24.3. The molecule has 5 rings (SSSR count). The number of carbonyl (C=O) groups excluding carboxylic acids is 2. The second-order valence-electron chi connectivity index (χ2n) is 11.5. The molecule has 0 aliphatic heterocycles. The van der Waals surface area contributed by atoms with Gasteiger partial charge in [-0.25, -0.2) is 14.9 Å². The number of rotatable bonds is 18. The number of nitrogens with zero attached hydrogens (tertiary/aromatic N) is 6. The molecule has 3 aromatic carbocycles. The Morgan fingerprint density at radius 3 is 2.36 bits per heavy atom. The van der Waals surface area contributed by atoms with Crippen molar-refractivity contribution in [2.75, 3.05) is 13.2 Å². The maximum atomic E-state index is 14.0. The molecule has 50 heavy (non-hydrogen) atoms. The number of benzene rings is 3. The fourth-order valence-electron chi connectivity index (χ4n) is 5.46. The van der Waals surface area contributed by atoms with Crippen LogP contribution in [-0.4, -0.2) is 77.1 Å². The zero-order valence-electron chi connectivity index (χ0n) is 27.5. The molecule has 1 atom stereocenters. The first-order valence-corrected chi connectivity index (χ1v) is 16.7. The number of nitrogens with one attached hydrogen (secondary N) is 2. The number of halogens is 1. The fourth-order valence-corrected chi connectivity index (χ4v) is 5.75. The molecule has 262 valence electrons. The number of hydrogen-bond acceptors (Lipinski definition) is 11. The molecule has 0 saturated heterocycles. The van der Waals surface area contributed by atoms with Gasteiger partial charge in [-0.15, -0.1) is 5.10 Å². The molecule has 0 fully saturated rings. The second-order valence-corrected chi connectivity index (χ2v) is 11.9. The lowest BCUT2D eigenvalue weighted by Crippen LogP contribution is -2.44. The Kier molecular flexibility index (Phi) is 13.2. The molecule has 15 heteroatoms. The summed E-state index contributed by atoms with van der Waals surface area (Å²) >= 11 is 6.66. The highest BCUT2D eigenvalue weighted by atomic mass is 35.5. The average Bonchev–Trinajstić information content (AvgIpc) is 3.77. The maximum absolute atomic E-state index is 14.0. The number of carbonyl (C=O) groups is 2. The van der Waals surface area contributed by atoms with Crippen molar-refractivity contribution in [3.05, 3.63) is 107 Å². The number of hydrogen-bond donors (Lipinski definition) is 4. The number of aromatic nitrogens is 6. The van der Waals surface area contributed by atoms with Gasteiger partial charge in [-0.2, -0.15) is 0 Å². The minimum absolute atomic E-state index is 0.0218. The van der Waals surface area contributed by atoms with E-state index in [2.05, 4.69) is 42.7 Å². The van der Waals surface area contributed by atoms with E-state index in [1.54, 1.807) is 0 Å². The molecular weight excluding hydrogens is 664 g/mol. The molecule has 0 aliphatic carbocycles. The van der Waals surface area contributed by atoms with E-state index < -0.39 is 17.9 Å². The quantitative estimate of drug-likeness (QED) is 0.0518. The van der Waals surface area contributed by atoms with Crippen LogP contribution >= 0.6 is 11.6 Å². The summed E-state index contributed by atoms with van der Waals surface area (Å²) in [5.41, 5.74) is 4.70. The lowest BCUT2D eigenvalue weighted by molar-refractivity contribution is -0.492.